The maximum absolute atomic E-state index is 13.5. The quantitative estimate of drug-likeness (QED) is 0.823. The summed E-state index contributed by atoms with van der Waals surface area (Å²) in [5, 5.41) is 2.60. The van der Waals surface area contributed by atoms with Crippen molar-refractivity contribution >= 4 is 33.2 Å². The largest absolute Gasteiger partial charge is 0.397 e. The molecule has 0 bridgehead atoms. The SMILES string of the molecule is Cc1cc(N)c(NC(=O)Cc2cccc(F)c2F)c(Br)c1. The van der Waals surface area contributed by atoms with Gasteiger partial charge in [0, 0.05) is 10.0 Å². The average molecular weight is 355 g/mol. The fourth-order valence-corrected chi connectivity index (χ4v) is 2.63. The molecule has 0 aliphatic rings. The summed E-state index contributed by atoms with van der Waals surface area (Å²) in [7, 11) is 0. The third kappa shape index (κ3) is 3.58. The van der Waals surface area contributed by atoms with E-state index in [1.54, 1.807) is 12.1 Å². The summed E-state index contributed by atoms with van der Waals surface area (Å²) in [6, 6.07) is 7.24. The molecule has 2 aromatic carbocycles. The third-order valence-electron chi connectivity index (χ3n) is 2.91. The molecule has 0 saturated carbocycles. The van der Waals surface area contributed by atoms with Gasteiger partial charge in [0.1, 0.15) is 0 Å². The third-order valence-corrected chi connectivity index (χ3v) is 3.54. The van der Waals surface area contributed by atoms with Crippen LogP contribution < -0.4 is 11.1 Å². The summed E-state index contributed by atoms with van der Waals surface area (Å²) in [5.41, 5.74) is 7.59. The Bertz CT molecular complexity index is 681. The first kappa shape index (κ1) is 15.4. The van der Waals surface area contributed by atoms with E-state index in [1.165, 1.54) is 12.1 Å². The van der Waals surface area contributed by atoms with Crippen LogP contribution in [-0.4, -0.2) is 5.91 Å². The second-order valence-electron chi connectivity index (χ2n) is 4.65. The lowest BCUT2D eigenvalue weighted by Gasteiger charge is -2.12. The summed E-state index contributed by atoms with van der Waals surface area (Å²) in [4.78, 5) is 12.0. The van der Waals surface area contributed by atoms with Crippen LogP contribution in [0.5, 0.6) is 0 Å². The smallest absolute Gasteiger partial charge is 0.228 e. The molecular formula is C15H13BrF2N2O. The zero-order chi connectivity index (χ0) is 15.6. The van der Waals surface area contributed by atoms with Crippen LogP contribution in [0.3, 0.4) is 0 Å². The lowest BCUT2D eigenvalue weighted by Crippen LogP contribution is -2.17. The van der Waals surface area contributed by atoms with E-state index in [-0.39, 0.29) is 12.0 Å². The number of benzene rings is 2. The highest BCUT2D eigenvalue weighted by atomic mass is 79.9. The summed E-state index contributed by atoms with van der Waals surface area (Å²) in [6.45, 7) is 1.87. The van der Waals surface area contributed by atoms with Gasteiger partial charge in [-0.05, 0) is 46.6 Å². The second-order valence-corrected chi connectivity index (χ2v) is 5.50. The van der Waals surface area contributed by atoms with Gasteiger partial charge in [0.05, 0.1) is 17.8 Å². The van der Waals surface area contributed by atoms with Crippen LogP contribution in [0.2, 0.25) is 0 Å². The minimum Gasteiger partial charge on any atom is -0.397 e. The topological polar surface area (TPSA) is 55.1 Å². The van der Waals surface area contributed by atoms with Crippen LogP contribution >= 0.6 is 15.9 Å². The maximum atomic E-state index is 13.5. The number of amides is 1. The van der Waals surface area contributed by atoms with E-state index in [9.17, 15) is 13.6 Å². The van der Waals surface area contributed by atoms with E-state index in [4.69, 9.17) is 5.73 Å². The minimum absolute atomic E-state index is 0.00527. The Labute approximate surface area is 129 Å². The van der Waals surface area contributed by atoms with Gasteiger partial charge in [-0.3, -0.25) is 4.79 Å². The van der Waals surface area contributed by atoms with Gasteiger partial charge in [-0.1, -0.05) is 12.1 Å². The van der Waals surface area contributed by atoms with Gasteiger partial charge < -0.3 is 11.1 Å². The molecule has 0 aliphatic heterocycles. The van der Waals surface area contributed by atoms with E-state index >= 15 is 0 Å². The number of hydrogen-bond acceptors (Lipinski definition) is 2. The van der Waals surface area contributed by atoms with Crippen molar-refractivity contribution in [3.05, 3.63) is 57.6 Å². The van der Waals surface area contributed by atoms with Gasteiger partial charge in [0.2, 0.25) is 5.91 Å². The van der Waals surface area contributed by atoms with Crippen molar-refractivity contribution in [2.45, 2.75) is 13.3 Å². The molecule has 0 spiro atoms. The molecule has 3 N–H and O–H groups in total. The van der Waals surface area contributed by atoms with Crippen LogP contribution in [0.4, 0.5) is 20.2 Å². The van der Waals surface area contributed by atoms with Crippen LogP contribution in [0, 0.1) is 18.6 Å². The number of anilines is 2. The second kappa shape index (κ2) is 6.22. The summed E-state index contributed by atoms with van der Waals surface area (Å²) in [6.07, 6.45) is -0.274. The van der Waals surface area contributed by atoms with Gasteiger partial charge in [-0.15, -0.1) is 0 Å². The zero-order valence-electron chi connectivity index (χ0n) is 11.2. The standard InChI is InChI=1S/C15H13BrF2N2O/c1-8-5-10(16)15(12(19)6-8)20-13(21)7-9-3-2-4-11(17)14(9)18/h2-6H,7,19H2,1H3,(H,20,21). The molecule has 21 heavy (non-hydrogen) atoms. The Kier molecular flexibility index (Phi) is 4.57. The van der Waals surface area contributed by atoms with Gasteiger partial charge in [0.15, 0.2) is 11.6 Å². The summed E-state index contributed by atoms with van der Waals surface area (Å²) in [5.74, 6) is -2.46. The van der Waals surface area contributed by atoms with E-state index in [2.05, 4.69) is 21.2 Å². The van der Waals surface area contributed by atoms with Crippen molar-refractivity contribution < 1.29 is 13.6 Å². The summed E-state index contributed by atoms with van der Waals surface area (Å²) >= 11 is 3.31. The molecule has 2 rings (SSSR count). The number of hydrogen-bond donors (Lipinski definition) is 2. The van der Waals surface area contributed by atoms with E-state index in [1.807, 2.05) is 6.92 Å². The lowest BCUT2D eigenvalue weighted by atomic mass is 10.1. The highest BCUT2D eigenvalue weighted by molar-refractivity contribution is 9.10. The fraction of sp³-hybridized carbons (Fsp3) is 0.133. The predicted molar refractivity (Wildman–Crippen MR) is 82.0 cm³/mol. The maximum Gasteiger partial charge on any atom is 0.228 e. The molecule has 0 atom stereocenters. The number of carbonyl (C=O) groups is 1. The molecule has 3 nitrogen and oxygen atoms in total. The van der Waals surface area contributed by atoms with Crippen molar-refractivity contribution in [1.82, 2.24) is 0 Å². The molecule has 0 heterocycles. The van der Waals surface area contributed by atoms with Crippen LogP contribution in [0.25, 0.3) is 0 Å². The molecule has 0 saturated heterocycles. The first-order chi connectivity index (χ1) is 9.88. The monoisotopic (exact) mass is 354 g/mol. The van der Waals surface area contributed by atoms with Crippen molar-refractivity contribution in [2.24, 2.45) is 0 Å². The number of aryl methyl sites for hydroxylation is 1. The lowest BCUT2D eigenvalue weighted by molar-refractivity contribution is -0.115. The molecule has 0 radical (unpaired) electrons. The van der Waals surface area contributed by atoms with Gasteiger partial charge in [0.25, 0.3) is 0 Å². The highest BCUT2D eigenvalue weighted by Crippen LogP contribution is 2.30. The molecule has 0 aromatic heterocycles. The van der Waals surface area contributed by atoms with Crippen molar-refractivity contribution in [3.63, 3.8) is 0 Å². The van der Waals surface area contributed by atoms with Gasteiger partial charge in [-0.25, -0.2) is 8.78 Å². The Balaban J connectivity index is 2.18. The molecule has 6 heteroatoms. The average Bonchev–Trinajstić information content (AvgIpc) is 2.39. The van der Waals surface area contributed by atoms with Crippen molar-refractivity contribution in [1.29, 1.82) is 0 Å². The highest BCUT2D eigenvalue weighted by Gasteiger charge is 2.14. The Morgan fingerprint density at radius 2 is 2.05 bits per heavy atom. The first-order valence-corrected chi connectivity index (χ1v) is 6.96. The number of nitrogens with two attached hydrogens (primary N) is 1. The number of halogens is 3. The molecule has 0 fully saturated rings. The first-order valence-electron chi connectivity index (χ1n) is 6.17. The molecule has 0 aliphatic carbocycles. The van der Waals surface area contributed by atoms with Gasteiger partial charge >= 0.3 is 0 Å². The van der Waals surface area contributed by atoms with E-state index in [0.29, 0.717) is 15.8 Å². The molecule has 0 unspecified atom stereocenters. The van der Waals surface area contributed by atoms with Crippen molar-refractivity contribution in [3.8, 4) is 0 Å². The number of carbonyl (C=O) groups excluding carboxylic acids is 1. The number of nitrogens with one attached hydrogen (secondary N) is 1. The Morgan fingerprint density at radius 3 is 2.71 bits per heavy atom. The summed E-state index contributed by atoms with van der Waals surface area (Å²) < 4.78 is 27.3. The van der Waals surface area contributed by atoms with Crippen molar-refractivity contribution in [2.75, 3.05) is 11.1 Å². The number of nitrogen functional groups attached to an aromatic ring is 1. The zero-order valence-corrected chi connectivity index (χ0v) is 12.8. The van der Waals surface area contributed by atoms with Crippen LogP contribution in [0.1, 0.15) is 11.1 Å². The van der Waals surface area contributed by atoms with Gasteiger partial charge in [-0.2, -0.15) is 0 Å². The van der Waals surface area contributed by atoms with E-state index < -0.39 is 17.5 Å². The Morgan fingerprint density at radius 1 is 1.33 bits per heavy atom. The van der Waals surface area contributed by atoms with Crippen LogP contribution in [0.15, 0.2) is 34.8 Å². The molecule has 2 aromatic rings. The number of rotatable bonds is 3. The molecule has 110 valence electrons. The van der Waals surface area contributed by atoms with E-state index in [0.717, 1.165) is 11.6 Å². The minimum atomic E-state index is -1.01. The van der Waals surface area contributed by atoms with Crippen LogP contribution in [-0.2, 0) is 11.2 Å². The predicted octanol–water partition coefficient (Wildman–Crippen LogP) is 3.80. The molecule has 1 amide bonds. The normalized spacial score (nSPS) is 10.5. The molecular weight excluding hydrogens is 342 g/mol. The Hall–Kier alpha value is -1.95. The fourth-order valence-electron chi connectivity index (χ4n) is 1.94.